The third-order valence-electron chi connectivity index (χ3n) is 3.88. The van der Waals surface area contributed by atoms with Gasteiger partial charge in [0, 0.05) is 38.2 Å². The summed E-state index contributed by atoms with van der Waals surface area (Å²) in [5, 5.41) is 2.59. The highest BCUT2D eigenvalue weighted by molar-refractivity contribution is 6.30. The van der Waals surface area contributed by atoms with Gasteiger partial charge in [-0.25, -0.2) is 0 Å². The summed E-state index contributed by atoms with van der Waals surface area (Å²) in [4.78, 5) is 25.2. The van der Waals surface area contributed by atoms with Gasteiger partial charge in [0.25, 0.3) is 0 Å². The van der Waals surface area contributed by atoms with E-state index in [1.165, 1.54) is 6.07 Å². The molecule has 5 nitrogen and oxygen atoms in total. The molecule has 0 saturated carbocycles. The van der Waals surface area contributed by atoms with Crippen molar-refractivity contribution in [1.29, 1.82) is 0 Å². The van der Waals surface area contributed by atoms with Gasteiger partial charge in [0.05, 0.1) is 17.2 Å². The van der Waals surface area contributed by atoms with E-state index in [0.717, 1.165) is 17.0 Å². The first-order chi connectivity index (χ1) is 11.7. The first-order valence-electron chi connectivity index (χ1n) is 7.67. The highest BCUT2D eigenvalue weighted by Crippen LogP contribution is 2.40. The minimum atomic E-state index is -4.65. The molecule has 0 bridgehead atoms. The van der Waals surface area contributed by atoms with Crippen LogP contribution in [0.2, 0.25) is 5.02 Å². The number of rotatable bonds is 6. The molecule has 2 rings (SSSR count). The fourth-order valence-corrected chi connectivity index (χ4v) is 2.83. The van der Waals surface area contributed by atoms with Gasteiger partial charge in [-0.1, -0.05) is 11.6 Å². The van der Waals surface area contributed by atoms with Gasteiger partial charge in [0.2, 0.25) is 11.8 Å². The van der Waals surface area contributed by atoms with E-state index >= 15 is 0 Å². The molecular weight excluding hydrogens is 361 g/mol. The van der Waals surface area contributed by atoms with Gasteiger partial charge >= 0.3 is 6.18 Å². The van der Waals surface area contributed by atoms with Crippen molar-refractivity contribution in [1.82, 2.24) is 5.32 Å². The number of nitrogens with one attached hydrogen (secondary N) is 1. The summed E-state index contributed by atoms with van der Waals surface area (Å²) in [5.41, 5.74) is -1.27. The summed E-state index contributed by atoms with van der Waals surface area (Å²) >= 11 is 5.65. The van der Waals surface area contributed by atoms with Crippen molar-refractivity contribution in [3.05, 3.63) is 28.8 Å². The molecule has 0 radical (unpaired) electrons. The number of hydrogen-bond donors (Lipinski definition) is 1. The molecule has 138 valence electrons. The number of nitrogens with zero attached hydrogens (tertiary/aromatic N) is 1. The molecule has 1 heterocycles. The van der Waals surface area contributed by atoms with Crippen LogP contribution < -0.4 is 10.2 Å². The quantitative estimate of drug-likeness (QED) is 0.774. The number of ether oxygens (including phenoxy) is 1. The number of benzene rings is 1. The molecule has 2 amide bonds. The molecule has 25 heavy (non-hydrogen) atoms. The number of amides is 2. The van der Waals surface area contributed by atoms with Gasteiger partial charge in [-0.3, -0.25) is 9.59 Å². The van der Waals surface area contributed by atoms with Crippen molar-refractivity contribution >= 4 is 29.1 Å². The Morgan fingerprint density at radius 1 is 1.44 bits per heavy atom. The summed E-state index contributed by atoms with van der Waals surface area (Å²) < 4.78 is 44.5. The molecule has 1 fully saturated rings. The van der Waals surface area contributed by atoms with E-state index in [1.54, 1.807) is 7.11 Å². The van der Waals surface area contributed by atoms with E-state index in [9.17, 15) is 22.8 Å². The van der Waals surface area contributed by atoms with Crippen LogP contribution in [0.5, 0.6) is 0 Å². The Balaban J connectivity index is 2.12. The van der Waals surface area contributed by atoms with Crippen molar-refractivity contribution in [2.24, 2.45) is 5.92 Å². The average Bonchev–Trinajstić information content (AvgIpc) is 2.92. The van der Waals surface area contributed by atoms with Gasteiger partial charge in [0.1, 0.15) is 0 Å². The van der Waals surface area contributed by atoms with Crippen molar-refractivity contribution in [3.63, 3.8) is 0 Å². The lowest BCUT2D eigenvalue weighted by molar-refractivity contribution is -0.137. The zero-order valence-corrected chi connectivity index (χ0v) is 14.3. The van der Waals surface area contributed by atoms with Gasteiger partial charge in [-0.05, 0) is 24.6 Å². The lowest BCUT2D eigenvalue weighted by Gasteiger charge is -2.22. The summed E-state index contributed by atoms with van der Waals surface area (Å²) in [6.45, 7) is 0.765. The standard InChI is InChI=1S/C16H18ClF3N2O3/c1-25-6-2-5-21-15(24)10-7-14(23)22(9-10)13-4-3-11(17)8-12(13)16(18,19)20/h3-4,8,10H,2,5-7,9H2,1H3,(H,21,24). The number of alkyl halides is 3. The lowest BCUT2D eigenvalue weighted by Crippen LogP contribution is -2.34. The fourth-order valence-electron chi connectivity index (χ4n) is 2.66. The number of halogens is 4. The van der Waals surface area contributed by atoms with Crippen molar-refractivity contribution in [3.8, 4) is 0 Å². The minimum Gasteiger partial charge on any atom is -0.385 e. The maximum atomic E-state index is 13.2. The van der Waals surface area contributed by atoms with Crippen LogP contribution in [0.25, 0.3) is 0 Å². The molecular formula is C16H18ClF3N2O3. The van der Waals surface area contributed by atoms with E-state index < -0.39 is 23.6 Å². The molecule has 0 spiro atoms. The van der Waals surface area contributed by atoms with Crippen LogP contribution in [0.3, 0.4) is 0 Å². The number of carbonyl (C=O) groups excluding carboxylic acids is 2. The Morgan fingerprint density at radius 3 is 2.80 bits per heavy atom. The Bertz CT molecular complexity index is 652. The number of anilines is 1. The van der Waals surface area contributed by atoms with Crippen LogP contribution in [0.15, 0.2) is 18.2 Å². The first-order valence-corrected chi connectivity index (χ1v) is 8.05. The Labute approximate surface area is 148 Å². The third-order valence-corrected chi connectivity index (χ3v) is 4.11. The molecule has 1 aromatic rings. The first kappa shape index (κ1) is 19.5. The normalized spacial score (nSPS) is 17.9. The molecule has 1 aliphatic heterocycles. The zero-order chi connectivity index (χ0) is 18.6. The molecule has 1 unspecified atom stereocenters. The zero-order valence-electron chi connectivity index (χ0n) is 13.5. The van der Waals surface area contributed by atoms with Crippen molar-refractivity contribution in [2.45, 2.75) is 19.0 Å². The Morgan fingerprint density at radius 2 is 2.16 bits per heavy atom. The molecule has 1 aromatic carbocycles. The maximum Gasteiger partial charge on any atom is 0.418 e. The van der Waals surface area contributed by atoms with Crippen LogP contribution in [0, 0.1) is 5.92 Å². The van der Waals surface area contributed by atoms with Crippen LogP contribution in [-0.2, 0) is 20.5 Å². The second-order valence-corrected chi connectivity index (χ2v) is 6.14. The second-order valence-electron chi connectivity index (χ2n) is 5.70. The number of methoxy groups -OCH3 is 1. The highest BCUT2D eigenvalue weighted by atomic mass is 35.5. The Hall–Kier alpha value is -1.80. The SMILES string of the molecule is COCCCNC(=O)C1CC(=O)N(c2ccc(Cl)cc2C(F)(F)F)C1. The molecule has 9 heteroatoms. The van der Waals surface area contributed by atoms with Crippen LogP contribution in [0.4, 0.5) is 18.9 Å². The summed E-state index contributed by atoms with van der Waals surface area (Å²) in [5.74, 6) is -1.56. The predicted molar refractivity (Wildman–Crippen MR) is 86.4 cm³/mol. The molecule has 1 saturated heterocycles. The minimum absolute atomic E-state index is 0.0739. The summed E-state index contributed by atoms with van der Waals surface area (Å²) in [6, 6.07) is 3.22. The molecule has 0 aromatic heterocycles. The summed E-state index contributed by atoms with van der Waals surface area (Å²) in [6.07, 6.45) is -4.17. The van der Waals surface area contributed by atoms with E-state index in [4.69, 9.17) is 16.3 Å². The molecule has 1 N–H and O–H groups in total. The second kappa shape index (κ2) is 8.05. The molecule has 1 aliphatic rings. The van der Waals surface area contributed by atoms with Gasteiger partial charge in [-0.15, -0.1) is 0 Å². The summed E-state index contributed by atoms with van der Waals surface area (Å²) in [7, 11) is 1.54. The van der Waals surface area contributed by atoms with Gasteiger partial charge in [0.15, 0.2) is 0 Å². The van der Waals surface area contributed by atoms with Crippen molar-refractivity contribution < 1.29 is 27.5 Å². The highest BCUT2D eigenvalue weighted by Gasteiger charge is 2.40. The monoisotopic (exact) mass is 378 g/mol. The van der Waals surface area contributed by atoms with E-state index in [2.05, 4.69) is 5.32 Å². The van der Waals surface area contributed by atoms with Gasteiger partial charge in [-0.2, -0.15) is 13.2 Å². The Kier molecular flexibility index (Phi) is 6.29. The topological polar surface area (TPSA) is 58.6 Å². The largest absolute Gasteiger partial charge is 0.418 e. The molecule has 1 atom stereocenters. The van der Waals surface area contributed by atoms with Crippen LogP contribution >= 0.6 is 11.6 Å². The van der Waals surface area contributed by atoms with E-state index in [1.807, 2.05) is 0 Å². The van der Waals surface area contributed by atoms with Crippen LogP contribution in [-0.4, -0.2) is 38.6 Å². The lowest BCUT2D eigenvalue weighted by atomic mass is 10.1. The van der Waals surface area contributed by atoms with Gasteiger partial charge < -0.3 is 15.0 Å². The molecule has 0 aliphatic carbocycles. The van der Waals surface area contributed by atoms with E-state index in [0.29, 0.717) is 19.6 Å². The van der Waals surface area contributed by atoms with Crippen LogP contribution in [0.1, 0.15) is 18.4 Å². The average molecular weight is 379 g/mol. The number of hydrogen-bond acceptors (Lipinski definition) is 3. The smallest absolute Gasteiger partial charge is 0.385 e. The predicted octanol–water partition coefficient (Wildman–Crippen LogP) is 2.86. The van der Waals surface area contributed by atoms with E-state index in [-0.39, 0.29) is 29.6 Å². The maximum absolute atomic E-state index is 13.2. The number of carbonyl (C=O) groups is 2. The fraction of sp³-hybridized carbons (Fsp3) is 0.500. The third kappa shape index (κ3) is 4.85. The van der Waals surface area contributed by atoms with Crippen molar-refractivity contribution in [2.75, 3.05) is 31.7 Å².